The number of ether oxygens (including phenoxy) is 1. The molecular weight excluding hydrogens is 378 g/mol. The lowest BCUT2D eigenvalue weighted by Gasteiger charge is -2.32. The molecule has 0 bridgehead atoms. The summed E-state index contributed by atoms with van der Waals surface area (Å²) in [6.45, 7) is 3.98. The highest BCUT2D eigenvalue weighted by Crippen LogP contribution is 2.21. The van der Waals surface area contributed by atoms with Gasteiger partial charge in [-0.25, -0.2) is 9.97 Å². The number of para-hydroxylation sites is 1. The van der Waals surface area contributed by atoms with Crippen molar-refractivity contribution in [3.8, 4) is 0 Å². The van der Waals surface area contributed by atoms with Gasteiger partial charge in [-0.15, -0.1) is 0 Å². The van der Waals surface area contributed by atoms with Crippen LogP contribution in [-0.2, 0) is 11.2 Å². The number of aromatic nitrogens is 3. The summed E-state index contributed by atoms with van der Waals surface area (Å²) in [6.07, 6.45) is 8.59. The molecule has 0 atom stereocenters. The number of hydrogen-bond donors (Lipinski definition) is 2. The van der Waals surface area contributed by atoms with Crippen LogP contribution in [0, 0.1) is 5.92 Å². The first-order valence-corrected chi connectivity index (χ1v) is 10.6. The smallest absolute Gasteiger partial charge is 0.225 e. The molecule has 0 radical (unpaired) electrons. The van der Waals surface area contributed by atoms with Crippen molar-refractivity contribution in [2.75, 3.05) is 44.8 Å². The Hall–Kier alpha value is -2.77. The van der Waals surface area contributed by atoms with Gasteiger partial charge in [-0.2, -0.15) is 0 Å². The largest absolute Gasteiger partial charge is 0.377 e. The number of nitrogens with zero attached hydrogens (tertiary/aromatic N) is 3. The van der Waals surface area contributed by atoms with Gasteiger partial charge in [0.15, 0.2) is 5.78 Å². The number of nitrogens with one attached hydrogen (secondary N) is 2. The fraction of sp³-hybridized carbons (Fsp3) is 0.435. The summed E-state index contributed by atoms with van der Waals surface area (Å²) in [4.78, 5) is 26.1. The van der Waals surface area contributed by atoms with Gasteiger partial charge in [-0.05, 0) is 49.9 Å². The van der Waals surface area contributed by atoms with Gasteiger partial charge in [0.25, 0.3) is 0 Å². The third kappa shape index (κ3) is 4.86. The first-order chi connectivity index (χ1) is 14.7. The van der Waals surface area contributed by atoms with Gasteiger partial charge in [0, 0.05) is 49.7 Å². The third-order valence-corrected chi connectivity index (χ3v) is 5.81. The Labute approximate surface area is 176 Å². The highest BCUT2D eigenvalue weighted by Gasteiger charge is 2.21. The number of carbonyl (C=O) groups is 1. The molecule has 158 valence electrons. The van der Waals surface area contributed by atoms with E-state index in [4.69, 9.17) is 4.74 Å². The monoisotopic (exact) mass is 407 g/mol. The SMILES string of the molecule is COCC(=O)c1cnc(N2CCC(CNCCc3c[nH]c4ccccc34)CC2)nc1. The first-order valence-electron chi connectivity index (χ1n) is 10.6. The average Bonchev–Trinajstić information content (AvgIpc) is 3.21. The van der Waals surface area contributed by atoms with Crippen molar-refractivity contribution >= 4 is 22.6 Å². The normalized spacial score (nSPS) is 15.0. The van der Waals surface area contributed by atoms with Crippen molar-refractivity contribution in [2.24, 2.45) is 5.92 Å². The van der Waals surface area contributed by atoms with Crippen molar-refractivity contribution in [2.45, 2.75) is 19.3 Å². The summed E-state index contributed by atoms with van der Waals surface area (Å²) < 4.78 is 4.87. The zero-order valence-corrected chi connectivity index (χ0v) is 17.4. The van der Waals surface area contributed by atoms with Gasteiger partial charge < -0.3 is 19.9 Å². The summed E-state index contributed by atoms with van der Waals surface area (Å²) in [5.74, 6) is 1.28. The van der Waals surface area contributed by atoms with Crippen LogP contribution in [0.4, 0.5) is 5.95 Å². The quantitative estimate of drug-likeness (QED) is 0.419. The van der Waals surface area contributed by atoms with Crippen molar-refractivity contribution in [3.63, 3.8) is 0 Å². The fourth-order valence-electron chi connectivity index (χ4n) is 4.05. The number of anilines is 1. The summed E-state index contributed by atoms with van der Waals surface area (Å²) in [7, 11) is 1.51. The minimum atomic E-state index is -0.0959. The number of Topliss-reactive ketones (excluding diaryl/α,β-unsaturated/α-hetero) is 1. The Morgan fingerprint density at radius 2 is 2.00 bits per heavy atom. The second-order valence-electron chi connectivity index (χ2n) is 7.87. The molecule has 0 amide bonds. The summed E-state index contributed by atoms with van der Waals surface area (Å²) in [5.41, 5.74) is 3.07. The molecule has 3 heterocycles. The molecule has 1 aliphatic rings. The topological polar surface area (TPSA) is 83.1 Å². The number of fused-ring (bicyclic) bond motifs is 1. The molecule has 1 fully saturated rings. The number of hydrogen-bond acceptors (Lipinski definition) is 6. The van der Waals surface area contributed by atoms with Crippen LogP contribution < -0.4 is 10.2 Å². The lowest BCUT2D eigenvalue weighted by Crippen LogP contribution is -2.38. The highest BCUT2D eigenvalue weighted by molar-refractivity contribution is 5.96. The number of aromatic amines is 1. The maximum Gasteiger partial charge on any atom is 0.225 e. The van der Waals surface area contributed by atoms with Crippen LogP contribution >= 0.6 is 0 Å². The second-order valence-corrected chi connectivity index (χ2v) is 7.87. The first kappa shape index (κ1) is 20.5. The van der Waals surface area contributed by atoms with E-state index in [1.54, 1.807) is 12.4 Å². The molecule has 1 aromatic carbocycles. The van der Waals surface area contributed by atoms with E-state index in [0.29, 0.717) is 17.4 Å². The molecule has 7 heteroatoms. The lowest BCUT2D eigenvalue weighted by molar-refractivity contribution is 0.0847. The fourth-order valence-corrected chi connectivity index (χ4v) is 4.05. The van der Waals surface area contributed by atoms with Gasteiger partial charge in [0.2, 0.25) is 5.95 Å². The molecule has 4 rings (SSSR count). The van der Waals surface area contributed by atoms with Crippen LogP contribution in [0.2, 0.25) is 0 Å². The molecule has 2 N–H and O–H groups in total. The number of benzene rings is 1. The highest BCUT2D eigenvalue weighted by atomic mass is 16.5. The minimum Gasteiger partial charge on any atom is -0.377 e. The molecule has 3 aromatic rings. The van der Waals surface area contributed by atoms with E-state index in [0.717, 1.165) is 45.4 Å². The number of H-pyrrole nitrogens is 1. The van der Waals surface area contributed by atoms with E-state index >= 15 is 0 Å². The predicted octanol–water partition coefficient (Wildman–Crippen LogP) is 2.84. The number of ketones is 1. The van der Waals surface area contributed by atoms with Gasteiger partial charge in [-0.3, -0.25) is 4.79 Å². The molecule has 2 aromatic heterocycles. The standard InChI is InChI=1S/C23H29N5O2/c1-30-16-22(29)19-14-26-23(27-15-19)28-10-7-17(8-11-28)12-24-9-6-18-13-25-21-5-3-2-4-20(18)21/h2-5,13-15,17,24-25H,6-12,16H2,1H3. The van der Waals surface area contributed by atoms with Crippen molar-refractivity contribution in [1.82, 2.24) is 20.3 Å². The minimum absolute atomic E-state index is 0.0570. The second kappa shape index (κ2) is 9.82. The Balaban J connectivity index is 1.19. The van der Waals surface area contributed by atoms with E-state index in [1.807, 2.05) is 0 Å². The van der Waals surface area contributed by atoms with Crippen LogP contribution in [0.1, 0.15) is 28.8 Å². The van der Waals surface area contributed by atoms with Crippen LogP contribution in [0.15, 0.2) is 42.9 Å². The summed E-state index contributed by atoms with van der Waals surface area (Å²) >= 11 is 0. The Morgan fingerprint density at radius 1 is 1.23 bits per heavy atom. The lowest BCUT2D eigenvalue weighted by atomic mass is 9.97. The molecule has 0 saturated carbocycles. The molecule has 0 spiro atoms. The van der Waals surface area contributed by atoms with Crippen LogP contribution in [0.25, 0.3) is 10.9 Å². The van der Waals surface area contributed by atoms with Crippen molar-refractivity contribution in [3.05, 3.63) is 54.0 Å². The summed E-state index contributed by atoms with van der Waals surface area (Å²) in [5, 5.41) is 4.95. The Kier molecular flexibility index (Phi) is 6.71. The van der Waals surface area contributed by atoms with E-state index in [-0.39, 0.29) is 12.4 Å². The van der Waals surface area contributed by atoms with E-state index in [1.165, 1.54) is 23.6 Å². The van der Waals surface area contributed by atoms with E-state index in [9.17, 15) is 4.79 Å². The Bertz CT molecular complexity index is 961. The van der Waals surface area contributed by atoms with Crippen molar-refractivity contribution in [1.29, 1.82) is 0 Å². The zero-order valence-electron chi connectivity index (χ0n) is 17.4. The van der Waals surface area contributed by atoms with Gasteiger partial charge >= 0.3 is 0 Å². The van der Waals surface area contributed by atoms with Crippen LogP contribution in [-0.4, -0.2) is 60.6 Å². The molecule has 30 heavy (non-hydrogen) atoms. The average molecular weight is 408 g/mol. The maximum atomic E-state index is 11.8. The summed E-state index contributed by atoms with van der Waals surface area (Å²) in [6, 6.07) is 8.46. The maximum absolute atomic E-state index is 11.8. The molecule has 0 aliphatic carbocycles. The van der Waals surface area contributed by atoms with Gasteiger partial charge in [0.1, 0.15) is 6.61 Å². The number of rotatable bonds is 9. The molecule has 1 aliphatic heterocycles. The predicted molar refractivity (Wildman–Crippen MR) is 118 cm³/mol. The number of methoxy groups -OCH3 is 1. The number of piperidine rings is 1. The molecule has 0 unspecified atom stereocenters. The van der Waals surface area contributed by atoms with E-state index in [2.05, 4.69) is 55.6 Å². The zero-order chi connectivity index (χ0) is 20.8. The van der Waals surface area contributed by atoms with E-state index < -0.39 is 0 Å². The molecule has 7 nitrogen and oxygen atoms in total. The van der Waals surface area contributed by atoms with Crippen LogP contribution in [0.5, 0.6) is 0 Å². The van der Waals surface area contributed by atoms with Crippen molar-refractivity contribution < 1.29 is 9.53 Å². The third-order valence-electron chi connectivity index (χ3n) is 5.81. The number of carbonyl (C=O) groups excluding carboxylic acids is 1. The van der Waals surface area contributed by atoms with Gasteiger partial charge in [0.05, 0.1) is 5.56 Å². The Morgan fingerprint density at radius 3 is 2.77 bits per heavy atom. The van der Waals surface area contributed by atoms with Gasteiger partial charge in [-0.1, -0.05) is 18.2 Å². The molecular formula is C23H29N5O2. The van der Waals surface area contributed by atoms with Crippen LogP contribution in [0.3, 0.4) is 0 Å². The molecule has 1 saturated heterocycles.